The number of nitrogens with one attached hydrogen (secondary N) is 2. The summed E-state index contributed by atoms with van der Waals surface area (Å²) in [5.41, 5.74) is -1.34. The molecule has 0 aromatic carbocycles. The zero-order valence-electron chi connectivity index (χ0n) is 11.6. The number of carboxylic acid groups (broad SMARTS) is 1. The van der Waals surface area contributed by atoms with Crippen LogP contribution in [-0.2, 0) is 16.1 Å². The van der Waals surface area contributed by atoms with Crippen molar-refractivity contribution in [2.45, 2.75) is 32.9 Å². The highest BCUT2D eigenvalue weighted by Gasteiger charge is 2.21. The maximum absolute atomic E-state index is 11.8. The molecule has 0 saturated carbocycles. The van der Waals surface area contributed by atoms with E-state index in [0.29, 0.717) is 0 Å². The first-order chi connectivity index (χ1) is 9.70. The number of carbonyl (C=O) groups excluding carboxylic acids is 1. The van der Waals surface area contributed by atoms with Crippen LogP contribution >= 0.6 is 15.9 Å². The fourth-order valence-corrected chi connectivity index (χ4v) is 2.03. The summed E-state index contributed by atoms with van der Waals surface area (Å²) in [7, 11) is 0. The van der Waals surface area contributed by atoms with Crippen molar-refractivity contribution in [2.24, 2.45) is 5.92 Å². The first-order valence-electron chi connectivity index (χ1n) is 6.22. The van der Waals surface area contributed by atoms with Gasteiger partial charge in [0.2, 0.25) is 5.91 Å². The van der Waals surface area contributed by atoms with Gasteiger partial charge in [0.1, 0.15) is 12.6 Å². The Kier molecular flexibility index (Phi) is 5.89. The molecule has 0 aliphatic rings. The Morgan fingerprint density at radius 2 is 2.05 bits per heavy atom. The van der Waals surface area contributed by atoms with Gasteiger partial charge < -0.3 is 10.4 Å². The van der Waals surface area contributed by atoms with Gasteiger partial charge in [0.05, 0.1) is 4.47 Å². The van der Waals surface area contributed by atoms with Crippen LogP contribution in [0, 0.1) is 5.92 Å². The molecule has 8 nitrogen and oxygen atoms in total. The molecule has 1 aromatic rings. The molecule has 0 aliphatic carbocycles. The first kappa shape index (κ1) is 17.2. The lowest BCUT2D eigenvalue weighted by Crippen LogP contribution is -2.44. The second kappa shape index (κ2) is 7.21. The van der Waals surface area contributed by atoms with E-state index in [1.54, 1.807) is 0 Å². The number of hydrogen-bond acceptors (Lipinski definition) is 4. The van der Waals surface area contributed by atoms with E-state index >= 15 is 0 Å². The number of rotatable bonds is 6. The molecule has 1 aromatic heterocycles. The Hall–Kier alpha value is -1.90. The summed E-state index contributed by atoms with van der Waals surface area (Å²) in [5, 5.41) is 11.4. The van der Waals surface area contributed by atoms with Gasteiger partial charge in [-0.15, -0.1) is 0 Å². The van der Waals surface area contributed by atoms with Gasteiger partial charge in [-0.1, -0.05) is 13.8 Å². The van der Waals surface area contributed by atoms with E-state index in [1.165, 1.54) is 6.20 Å². The lowest BCUT2D eigenvalue weighted by Gasteiger charge is -2.16. The maximum atomic E-state index is 11.8. The van der Waals surface area contributed by atoms with Crippen molar-refractivity contribution < 1.29 is 14.7 Å². The zero-order chi connectivity index (χ0) is 16.2. The highest BCUT2D eigenvalue weighted by atomic mass is 79.9. The number of amides is 1. The van der Waals surface area contributed by atoms with Crippen LogP contribution in [0.1, 0.15) is 20.3 Å². The molecule has 0 saturated heterocycles. The van der Waals surface area contributed by atoms with E-state index < -0.39 is 29.2 Å². The van der Waals surface area contributed by atoms with Crippen LogP contribution in [0.5, 0.6) is 0 Å². The smallest absolute Gasteiger partial charge is 0.328 e. The quantitative estimate of drug-likeness (QED) is 0.653. The van der Waals surface area contributed by atoms with Gasteiger partial charge in [-0.05, 0) is 28.3 Å². The van der Waals surface area contributed by atoms with E-state index in [4.69, 9.17) is 5.11 Å². The standard InChI is InChI=1S/C12H16BrN3O5/c1-6(2)3-8(11(19)20)14-9(17)5-16-4-7(13)10(18)15-12(16)21/h4,6,8H,3,5H2,1-2H3,(H,14,17)(H,19,20)(H,15,18,21). The molecule has 1 amide bonds. The summed E-state index contributed by atoms with van der Waals surface area (Å²) in [6.45, 7) is 3.30. The minimum absolute atomic E-state index is 0.0938. The third-order valence-corrected chi connectivity index (χ3v) is 3.19. The van der Waals surface area contributed by atoms with Gasteiger partial charge in [0, 0.05) is 6.20 Å². The van der Waals surface area contributed by atoms with Gasteiger partial charge in [0.15, 0.2) is 0 Å². The van der Waals surface area contributed by atoms with Crippen molar-refractivity contribution in [3.63, 3.8) is 0 Å². The Morgan fingerprint density at radius 3 is 2.57 bits per heavy atom. The molecule has 116 valence electrons. The van der Waals surface area contributed by atoms with Crippen molar-refractivity contribution in [3.8, 4) is 0 Å². The van der Waals surface area contributed by atoms with Crippen LogP contribution in [0.3, 0.4) is 0 Å². The summed E-state index contributed by atoms with van der Waals surface area (Å²) < 4.78 is 1.08. The Labute approximate surface area is 128 Å². The fraction of sp³-hybridized carbons (Fsp3) is 0.500. The lowest BCUT2D eigenvalue weighted by molar-refractivity contribution is -0.142. The normalized spacial score (nSPS) is 12.2. The zero-order valence-corrected chi connectivity index (χ0v) is 13.1. The predicted octanol–water partition coefficient (Wildman–Crippen LogP) is -0.0854. The van der Waals surface area contributed by atoms with Crippen LogP contribution in [0.4, 0.5) is 0 Å². The Bertz CT molecular complexity index is 649. The van der Waals surface area contributed by atoms with Crippen LogP contribution in [0.25, 0.3) is 0 Å². The fourth-order valence-electron chi connectivity index (χ4n) is 1.69. The summed E-state index contributed by atoms with van der Waals surface area (Å²) in [4.78, 5) is 47.6. The van der Waals surface area contributed by atoms with Crippen LogP contribution in [0.15, 0.2) is 20.3 Å². The predicted molar refractivity (Wildman–Crippen MR) is 78.0 cm³/mol. The third-order valence-electron chi connectivity index (χ3n) is 2.62. The molecule has 1 unspecified atom stereocenters. The molecule has 9 heteroatoms. The topological polar surface area (TPSA) is 121 Å². The van der Waals surface area contributed by atoms with Crippen LogP contribution < -0.4 is 16.6 Å². The van der Waals surface area contributed by atoms with Crippen molar-refractivity contribution in [2.75, 3.05) is 0 Å². The van der Waals surface area contributed by atoms with Gasteiger partial charge in [-0.3, -0.25) is 19.1 Å². The lowest BCUT2D eigenvalue weighted by atomic mass is 10.0. The molecule has 1 heterocycles. The monoisotopic (exact) mass is 361 g/mol. The van der Waals surface area contributed by atoms with Crippen molar-refractivity contribution >= 4 is 27.8 Å². The van der Waals surface area contributed by atoms with E-state index in [-0.39, 0.29) is 23.4 Å². The molecule has 0 fully saturated rings. The molecule has 0 aliphatic heterocycles. The summed E-state index contributed by atoms with van der Waals surface area (Å²) in [6, 6.07) is -1.01. The maximum Gasteiger partial charge on any atom is 0.328 e. The molecule has 0 bridgehead atoms. The molecule has 1 rings (SSSR count). The van der Waals surface area contributed by atoms with E-state index in [9.17, 15) is 19.2 Å². The van der Waals surface area contributed by atoms with Crippen molar-refractivity contribution in [1.29, 1.82) is 0 Å². The molecule has 0 spiro atoms. The molecule has 0 radical (unpaired) electrons. The van der Waals surface area contributed by atoms with Crippen molar-refractivity contribution in [1.82, 2.24) is 14.9 Å². The van der Waals surface area contributed by atoms with E-state index in [2.05, 4.69) is 21.2 Å². The number of carbonyl (C=O) groups is 2. The van der Waals surface area contributed by atoms with E-state index in [1.807, 2.05) is 18.8 Å². The minimum atomic E-state index is -1.13. The number of aromatic amines is 1. The van der Waals surface area contributed by atoms with Gasteiger partial charge >= 0.3 is 11.7 Å². The third kappa shape index (κ3) is 5.18. The second-order valence-corrected chi connectivity index (χ2v) is 5.81. The number of aliphatic carboxylic acids is 1. The number of aromatic nitrogens is 2. The number of halogens is 1. The SMILES string of the molecule is CC(C)CC(NC(=O)Cn1cc(Br)c(=O)[nH]c1=O)C(=O)O. The number of hydrogen-bond donors (Lipinski definition) is 3. The summed E-state index contributed by atoms with van der Waals surface area (Å²) >= 11 is 2.95. The number of H-pyrrole nitrogens is 1. The van der Waals surface area contributed by atoms with Crippen LogP contribution in [-0.4, -0.2) is 32.6 Å². The Morgan fingerprint density at radius 1 is 1.43 bits per heavy atom. The van der Waals surface area contributed by atoms with Crippen LogP contribution in [0.2, 0.25) is 0 Å². The number of carboxylic acids is 1. The molecule has 21 heavy (non-hydrogen) atoms. The average molecular weight is 362 g/mol. The largest absolute Gasteiger partial charge is 0.480 e. The highest BCUT2D eigenvalue weighted by Crippen LogP contribution is 2.05. The van der Waals surface area contributed by atoms with Gasteiger partial charge in [-0.2, -0.15) is 0 Å². The molecule has 1 atom stereocenters. The number of nitrogens with zero attached hydrogens (tertiary/aromatic N) is 1. The summed E-state index contributed by atoms with van der Waals surface area (Å²) in [6.07, 6.45) is 1.46. The first-order valence-corrected chi connectivity index (χ1v) is 7.01. The molecule has 3 N–H and O–H groups in total. The Balaban J connectivity index is 2.81. The molecular formula is C12H16BrN3O5. The molecular weight excluding hydrogens is 346 g/mol. The average Bonchev–Trinajstić information content (AvgIpc) is 2.34. The highest BCUT2D eigenvalue weighted by molar-refractivity contribution is 9.10. The summed E-state index contributed by atoms with van der Waals surface area (Å²) in [5.74, 6) is -1.66. The van der Waals surface area contributed by atoms with E-state index in [0.717, 1.165) is 4.57 Å². The minimum Gasteiger partial charge on any atom is -0.480 e. The van der Waals surface area contributed by atoms with Gasteiger partial charge in [-0.25, -0.2) is 9.59 Å². The van der Waals surface area contributed by atoms with Crippen molar-refractivity contribution in [3.05, 3.63) is 31.5 Å². The van der Waals surface area contributed by atoms with Gasteiger partial charge in [0.25, 0.3) is 5.56 Å². The second-order valence-electron chi connectivity index (χ2n) is 4.95.